The number of hydrogen-bond donors (Lipinski definition) is 1. The number of fused-ring (bicyclic) bond motifs is 2. The van der Waals surface area contributed by atoms with Gasteiger partial charge in [0.05, 0.1) is 16.2 Å². The molecule has 1 N–H and O–H groups in total. The molecule has 0 saturated carbocycles. The highest BCUT2D eigenvalue weighted by Crippen LogP contribution is 2.29. The van der Waals surface area contributed by atoms with Crippen LogP contribution in [0.25, 0.3) is 10.9 Å². The number of carbonyl (C=O) groups is 2. The van der Waals surface area contributed by atoms with Gasteiger partial charge in [-0.1, -0.05) is 37.2 Å². The van der Waals surface area contributed by atoms with E-state index in [2.05, 4.69) is 5.32 Å². The smallest absolute Gasteiger partial charge is 0.262 e. The van der Waals surface area contributed by atoms with Crippen LogP contribution in [0.5, 0.6) is 0 Å². The van der Waals surface area contributed by atoms with Gasteiger partial charge in [-0.3, -0.25) is 19.0 Å². The van der Waals surface area contributed by atoms with Gasteiger partial charge in [0.2, 0.25) is 5.91 Å². The number of ketones is 1. The average molecular weight is 470 g/mol. The van der Waals surface area contributed by atoms with Crippen LogP contribution in [0.4, 0.5) is 5.69 Å². The summed E-state index contributed by atoms with van der Waals surface area (Å²) in [6.45, 7) is 6.38. The summed E-state index contributed by atoms with van der Waals surface area (Å²) >= 11 is 7.38. The highest BCUT2D eigenvalue weighted by molar-refractivity contribution is 8.00. The Hall–Kier alpha value is -2.64. The zero-order valence-corrected chi connectivity index (χ0v) is 19.7. The second kappa shape index (κ2) is 9.08. The topological polar surface area (TPSA) is 81.1 Å². The summed E-state index contributed by atoms with van der Waals surface area (Å²) in [5.41, 5.74) is 2.72. The third kappa shape index (κ3) is 4.59. The molecule has 166 valence electrons. The molecule has 1 amide bonds. The Morgan fingerprint density at radius 3 is 2.69 bits per heavy atom. The molecule has 1 atom stereocenters. The van der Waals surface area contributed by atoms with Crippen molar-refractivity contribution in [2.24, 2.45) is 5.92 Å². The summed E-state index contributed by atoms with van der Waals surface area (Å²) in [6, 6.07) is 10.4. The second-order valence-corrected chi connectivity index (χ2v) is 10.2. The molecule has 0 saturated heterocycles. The number of amides is 1. The van der Waals surface area contributed by atoms with Gasteiger partial charge in [-0.05, 0) is 61.2 Å². The number of carbonyl (C=O) groups excluding carboxylic acids is 2. The Morgan fingerprint density at radius 1 is 1.16 bits per heavy atom. The lowest BCUT2D eigenvalue weighted by molar-refractivity contribution is -0.116. The molecule has 32 heavy (non-hydrogen) atoms. The van der Waals surface area contributed by atoms with E-state index in [1.54, 1.807) is 34.9 Å². The van der Waals surface area contributed by atoms with Gasteiger partial charge in [0.25, 0.3) is 5.56 Å². The van der Waals surface area contributed by atoms with Gasteiger partial charge in [0.1, 0.15) is 0 Å². The molecule has 0 bridgehead atoms. The van der Waals surface area contributed by atoms with Crippen molar-refractivity contribution in [3.05, 3.63) is 62.9 Å². The van der Waals surface area contributed by atoms with Crippen molar-refractivity contribution in [2.75, 3.05) is 5.32 Å². The summed E-state index contributed by atoms with van der Waals surface area (Å²) in [4.78, 5) is 42.6. The maximum Gasteiger partial charge on any atom is 0.262 e. The van der Waals surface area contributed by atoms with Crippen molar-refractivity contribution in [1.29, 1.82) is 0 Å². The third-order valence-electron chi connectivity index (χ3n) is 5.37. The molecular formula is C24H24ClN3O3S. The van der Waals surface area contributed by atoms with Crippen molar-refractivity contribution in [3.63, 3.8) is 0 Å². The van der Waals surface area contributed by atoms with Gasteiger partial charge >= 0.3 is 0 Å². The van der Waals surface area contributed by atoms with Crippen LogP contribution in [0.15, 0.2) is 46.3 Å². The Kier molecular flexibility index (Phi) is 6.40. The van der Waals surface area contributed by atoms with E-state index < -0.39 is 5.25 Å². The van der Waals surface area contributed by atoms with E-state index >= 15 is 0 Å². The molecular weight excluding hydrogens is 446 g/mol. The summed E-state index contributed by atoms with van der Waals surface area (Å²) in [5, 5.41) is 3.87. The summed E-state index contributed by atoms with van der Waals surface area (Å²) in [6.07, 6.45) is 1.04. The van der Waals surface area contributed by atoms with Crippen molar-refractivity contribution in [2.45, 2.75) is 50.6 Å². The maximum absolute atomic E-state index is 13.2. The van der Waals surface area contributed by atoms with Gasteiger partial charge in [-0.15, -0.1) is 0 Å². The minimum absolute atomic E-state index is 0.00714. The van der Waals surface area contributed by atoms with Gasteiger partial charge < -0.3 is 5.32 Å². The third-order valence-corrected chi connectivity index (χ3v) is 6.69. The lowest BCUT2D eigenvalue weighted by Crippen LogP contribution is -2.27. The van der Waals surface area contributed by atoms with Crippen LogP contribution in [0.1, 0.15) is 43.1 Å². The summed E-state index contributed by atoms with van der Waals surface area (Å²) < 4.78 is 1.64. The standard InChI is InChI=1S/C24H24ClN3O3S/c1-13(2)12-28-23(31)18-11-17(25)6-8-20(18)27-24(28)32-14(3)22(30)16-4-7-19-15(10-16)5-9-21(29)26-19/h4,6-8,10-11,13-14H,5,9,12H2,1-3H3,(H,26,29). The van der Waals surface area contributed by atoms with Gasteiger partial charge in [0.15, 0.2) is 10.9 Å². The van der Waals surface area contributed by atoms with Gasteiger partial charge in [0, 0.05) is 29.2 Å². The number of aromatic nitrogens is 2. The molecule has 1 aliphatic heterocycles. The predicted octanol–water partition coefficient (Wildman–Crippen LogP) is 4.95. The van der Waals surface area contributed by atoms with E-state index in [-0.39, 0.29) is 23.2 Å². The summed E-state index contributed by atoms with van der Waals surface area (Å²) in [7, 11) is 0. The van der Waals surface area contributed by atoms with E-state index in [0.717, 1.165) is 11.3 Å². The molecule has 3 aromatic rings. The van der Waals surface area contributed by atoms with Crippen LogP contribution < -0.4 is 10.9 Å². The first-order valence-corrected chi connectivity index (χ1v) is 11.8. The molecule has 2 aromatic carbocycles. The van der Waals surface area contributed by atoms with Crippen LogP contribution in [0, 0.1) is 5.92 Å². The minimum atomic E-state index is -0.443. The minimum Gasteiger partial charge on any atom is -0.326 e. The molecule has 2 heterocycles. The van der Waals surface area contributed by atoms with Crippen LogP contribution in [-0.2, 0) is 17.8 Å². The van der Waals surface area contributed by atoms with E-state index in [0.29, 0.717) is 46.0 Å². The average Bonchev–Trinajstić information content (AvgIpc) is 2.75. The van der Waals surface area contributed by atoms with Crippen molar-refractivity contribution >= 4 is 51.6 Å². The van der Waals surface area contributed by atoms with E-state index in [9.17, 15) is 14.4 Å². The first-order chi connectivity index (χ1) is 15.2. The van der Waals surface area contributed by atoms with Crippen molar-refractivity contribution in [3.8, 4) is 0 Å². The number of aryl methyl sites for hydroxylation is 1. The fraction of sp³-hybridized carbons (Fsp3) is 0.333. The number of anilines is 1. The first kappa shape index (κ1) is 22.6. The SMILES string of the molecule is CC(C)Cn1c(SC(C)C(=O)c2ccc3c(c2)CCC(=O)N3)nc2ccc(Cl)cc2c1=O. The zero-order chi connectivity index (χ0) is 23.0. The van der Waals surface area contributed by atoms with Gasteiger partial charge in [-0.2, -0.15) is 0 Å². The quantitative estimate of drug-likeness (QED) is 0.313. The maximum atomic E-state index is 13.2. The van der Waals surface area contributed by atoms with E-state index in [4.69, 9.17) is 16.6 Å². The van der Waals surface area contributed by atoms with Crippen LogP contribution in [0.3, 0.4) is 0 Å². The van der Waals surface area contributed by atoms with Crippen LogP contribution in [0.2, 0.25) is 5.02 Å². The Balaban J connectivity index is 1.66. The van der Waals surface area contributed by atoms with Gasteiger partial charge in [-0.25, -0.2) is 4.98 Å². The molecule has 1 aromatic heterocycles. The molecule has 1 unspecified atom stereocenters. The molecule has 6 nitrogen and oxygen atoms in total. The number of nitrogens with one attached hydrogen (secondary N) is 1. The lowest BCUT2D eigenvalue weighted by Gasteiger charge is -2.19. The Labute approximate surface area is 195 Å². The number of hydrogen-bond acceptors (Lipinski definition) is 5. The van der Waals surface area contributed by atoms with Crippen LogP contribution in [-0.4, -0.2) is 26.5 Å². The lowest BCUT2D eigenvalue weighted by atomic mass is 9.98. The molecule has 0 fully saturated rings. The number of rotatable bonds is 6. The molecule has 8 heteroatoms. The highest BCUT2D eigenvalue weighted by Gasteiger charge is 2.23. The zero-order valence-electron chi connectivity index (χ0n) is 18.1. The Bertz CT molecular complexity index is 1290. The summed E-state index contributed by atoms with van der Waals surface area (Å²) in [5.74, 6) is 0.177. The van der Waals surface area contributed by atoms with E-state index in [1.165, 1.54) is 11.8 Å². The fourth-order valence-electron chi connectivity index (χ4n) is 3.77. The second-order valence-electron chi connectivity index (χ2n) is 8.41. The molecule has 4 rings (SSSR count). The number of benzene rings is 2. The monoisotopic (exact) mass is 469 g/mol. The number of Topliss-reactive ketones (excluding diaryl/α,β-unsaturated/α-hetero) is 1. The predicted molar refractivity (Wildman–Crippen MR) is 129 cm³/mol. The van der Waals surface area contributed by atoms with E-state index in [1.807, 2.05) is 26.8 Å². The molecule has 1 aliphatic rings. The normalized spacial score (nSPS) is 14.3. The fourth-order valence-corrected chi connectivity index (χ4v) is 4.94. The van der Waals surface area contributed by atoms with Crippen molar-refractivity contribution < 1.29 is 9.59 Å². The molecule has 0 spiro atoms. The number of halogens is 1. The van der Waals surface area contributed by atoms with Crippen molar-refractivity contribution in [1.82, 2.24) is 9.55 Å². The molecule has 0 aliphatic carbocycles. The molecule has 0 radical (unpaired) electrons. The number of nitrogens with zero attached hydrogens (tertiary/aromatic N) is 2. The Morgan fingerprint density at radius 2 is 1.94 bits per heavy atom. The number of thioether (sulfide) groups is 1. The van der Waals surface area contributed by atoms with Crippen LogP contribution >= 0.6 is 23.4 Å². The largest absolute Gasteiger partial charge is 0.326 e. The highest BCUT2D eigenvalue weighted by atomic mass is 35.5. The first-order valence-electron chi connectivity index (χ1n) is 10.6.